The Morgan fingerprint density at radius 2 is 1.88 bits per heavy atom. The molecule has 0 heterocycles. The molecule has 138 valence electrons. The number of aromatic hydroxyl groups is 1. The summed E-state index contributed by atoms with van der Waals surface area (Å²) in [5.41, 5.74) is 3.43. The minimum Gasteiger partial charge on any atom is -0.507 e. The molecule has 2 rings (SSSR count). The van der Waals surface area contributed by atoms with Crippen LogP contribution in [0.15, 0.2) is 42.5 Å². The monoisotopic (exact) mass is 359 g/mol. The van der Waals surface area contributed by atoms with Gasteiger partial charge in [0, 0.05) is 30.8 Å². The second kappa shape index (κ2) is 8.84. The highest BCUT2D eigenvalue weighted by Gasteiger charge is 2.23. The first kappa shape index (κ1) is 19.2. The summed E-state index contributed by atoms with van der Waals surface area (Å²) in [7, 11) is 2.87. The van der Waals surface area contributed by atoms with Gasteiger partial charge in [0.15, 0.2) is 6.10 Å². The fraction of sp³-hybridized carbons (Fsp3) is 0.222. The molecule has 0 fully saturated rings. The largest absolute Gasteiger partial charge is 0.507 e. The highest BCUT2D eigenvalue weighted by Crippen LogP contribution is 2.30. The molecule has 0 aromatic heterocycles. The fourth-order valence-corrected chi connectivity index (χ4v) is 2.38. The number of ether oxygens (including phenoxy) is 2. The topological polar surface area (TPSA) is 124 Å². The van der Waals surface area contributed by atoms with Crippen LogP contribution in [0.1, 0.15) is 22.8 Å². The standard InChI is InChI=1S/C18H21N3O5/c1-25-13-7-8-14(15(22)9-13)16(26-2)18(23)20-10-11-3-5-12(6-4-11)17(19)21-24/h3-9,16,22,24H,10H2,1-2H3,(H2,19,21)(H,20,23)/t16-/m0/s1. The van der Waals surface area contributed by atoms with Crippen LogP contribution in [0.2, 0.25) is 0 Å². The number of amides is 1. The quantitative estimate of drug-likeness (QED) is 0.291. The number of phenols is 1. The summed E-state index contributed by atoms with van der Waals surface area (Å²) in [6.07, 6.45) is -0.966. The second-order valence-electron chi connectivity index (χ2n) is 5.44. The van der Waals surface area contributed by atoms with Gasteiger partial charge in [-0.15, -0.1) is 0 Å². The van der Waals surface area contributed by atoms with E-state index in [0.717, 1.165) is 5.56 Å². The number of nitrogens with one attached hydrogen (secondary N) is 3. The molecule has 8 heteroatoms. The molecule has 1 amide bonds. The minimum atomic E-state index is -0.966. The Kier molecular flexibility index (Phi) is 6.54. The molecule has 2 aromatic carbocycles. The summed E-state index contributed by atoms with van der Waals surface area (Å²) >= 11 is 0. The SMILES string of the molecule is COc1ccc([C@H](OC)C(=O)NCc2ccc(C(=N)NO)cc2)c(O)c1. The molecule has 2 aromatic rings. The lowest BCUT2D eigenvalue weighted by molar-refractivity contribution is -0.131. The van der Waals surface area contributed by atoms with E-state index in [0.29, 0.717) is 16.9 Å². The third-order valence-electron chi connectivity index (χ3n) is 3.82. The Morgan fingerprint density at radius 1 is 1.19 bits per heavy atom. The van der Waals surface area contributed by atoms with Crippen molar-refractivity contribution >= 4 is 11.7 Å². The summed E-state index contributed by atoms with van der Waals surface area (Å²) in [5.74, 6) is -0.132. The van der Waals surface area contributed by atoms with Gasteiger partial charge in [-0.25, -0.2) is 0 Å². The van der Waals surface area contributed by atoms with Crippen molar-refractivity contribution in [2.24, 2.45) is 0 Å². The summed E-state index contributed by atoms with van der Waals surface area (Å²) in [4.78, 5) is 12.4. The summed E-state index contributed by atoms with van der Waals surface area (Å²) in [6, 6.07) is 11.4. The molecule has 0 radical (unpaired) electrons. The molecule has 0 aliphatic carbocycles. The van der Waals surface area contributed by atoms with Crippen molar-refractivity contribution in [1.29, 1.82) is 5.41 Å². The molecule has 8 nitrogen and oxygen atoms in total. The Labute approximate surface area is 150 Å². The number of hydroxylamine groups is 1. The van der Waals surface area contributed by atoms with Gasteiger partial charge in [-0.1, -0.05) is 24.3 Å². The van der Waals surface area contributed by atoms with Gasteiger partial charge < -0.3 is 19.9 Å². The van der Waals surface area contributed by atoms with Gasteiger partial charge in [0.05, 0.1) is 7.11 Å². The molecule has 0 aliphatic rings. The smallest absolute Gasteiger partial charge is 0.254 e. The number of rotatable bonds is 7. The zero-order chi connectivity index (χ0) is 19.1. The first-order valence-corrected chi connectivity index (χ1v) is 7.75. The van der Waals surface area contributed by atoms with Crippen LogP contribution in [0.25, 0.3) is 0 Å². The molecule has 0 spiro atoms. The number of carbonyl (C=O) groups excluding carboxylic acids is 1. The lowest BCUT2D eigenvalue weighted by atomic mass is 10.1. The maximum Gasteiger partial charge on any atom is 0.254 e. The van der Waals surface area contributed by atoms with Crippen molar-refractivity contribution in [3.8, 4) is 11.5 Å². The Balaban J connectivity index is 2.04. The minimum absolute atomic E-state index is 0.0919. The number of phenolic OH excluding ortho intramolecular Hbond substituents is 1. The molecular formula is C18H21N3O5. The molecule has 0 saturated heterocycles. The van der Waals surface area contributed by atoms with Gasteiger partial charge in [-0.3, -0.25) is 20.9 Å². The first-order chi connectivity index (χ1) is 12.5. The Bertz CT molecular complexity index is 777. The van der Waals surface area contributed by atoms with Crippen LogP contribution < -0.4 is 15.5 Å². The van der Waals surface area contributed by atoms with Gasteiger partial charge >= 0.3 is 0 Å². The van der Waals surface area contributed by atoms with Crippen LogP contribution in [0, 0.1) is 5.41 Å². The van der Waals surface area contributed by atoms with Crippen molar-refractivity contribution < 1.29 is 24.6 Å². The van der Waals surface area contributed by atoms with Gasteiger partial charge in [0.2, 0.25) is 0 Å². The van der Waals surface area contributed by atoms with E-state index < -0.39 is 12.0 Å². The Hall–Kier alpha value is -3.10. The number of hydrogen-bond donors (Lipinski definition) is 5. The van der Waals surface area contributed by atoms with Gasteiger partial charge in [0.25, 0.3) is 5.91 Å². The van der Waals surface area contributed by atoms with Crippen LogP contribution in [0.5, 0.6) is 11.5 Å². The van der Waals surface area contributed by atoms with Crippen molar-refractivity contribution in [3.63, 3.8) is 0 Å². The van der Waals surface area contributed by atoms with Crippen LogP contribution in [0.4, 0.5) is 0 Å². The summed E-state index contributed by atoms with van der Waals surface area (Å²) in [5, 5.41) is 29.0. The maximum absolute atomic E-state index is 12.4. The van der Waals surface area contributed by atoms with E-state index in [1.807, 2.05) is 0 Å². The molecule has 26 heavy (non-hydrogen) atoms. The molecule has 5 N–H and O–H groups in total. The summed E-state index contributed by atoms with van der Waals surface area (Å²) < 4.78 is 10.3. The average molecular weight is 359 g/mol. The number of amidine groups is 1. The van der Waals surface area contributed by atoms with Crippen molar-refractivity contribution in [1.82, 2.24) is 10.8 Å². The number of carbonyl (C=O) groups is 1. The maximum atomic E-state index is 12.4. The highest BCUT2D eigenvalue weighted by molar-refractivity contribution is 5.95. The third-order valence-corrected chi connectivity index (χ3v) is 3.82. The molecule has 0 saturated carbocycles. The van der Waals surface area contributed by atoms with E-state index >= 15 is 0 Å². The van der Waals surface area contributed by atoms with Crippen molar-refractivity contribution in [2.75, 3.05) is 14.2 Å². The van der Waals surface area contributed by atoms with E-state index in [2.05, 4.69) is 5.32 Å². The van der Waals surface area contributed by atoms with Crippen LogP contribution in [0.3, 0.4) is 0 Å². The van der Waals surface area contributed by atoms with Crippen LogP contribution in [-0.4, -0.2) is 36.3 Å². The normalized spacial score (nSPS) is 11.5. The molecule has 0 bridgehead atoms. The third kappa shape index (κ3) is 4.50. The van der Waals surface area contributed by atoms with E-state index in [9.17, 15) is 9.90 Å². The lowest BCUT2D eigenvalue weighted by Gasteiger charge is -2.17. The fourth-order valence-electron chi connectivity index (χ4n) is 2.38. The van der Waals surface area contributed by atoms with Crippen molar-refractivity contribution in [2.45, 2.75) is 12.6 Å². The van der Waals surface area contributed by atoms with E-state index in [-0.39, 0.29) is 18.1 Å². The van der Waals surface area contributed by atoms with E-state index in [4.69, 9.17) is 20.1 Å². The van der Waals surface area contributed by atoms with Gasteiger partial charge in [-0.05, 0) is 17.7 Å². The molecule has 0 aliphatic heterocycles. The average Bonchev–Trinajstić information content (AvgIpc) is 2.67. The molecular weight excluding hydrogens is 338 g/mol. The van der Waals surface area contributed by atoms with Crippen LogP contribution in [-0.2, 0) is 16.1 Å². The lowest BCUT2D eigenvalue weighted by Crippen LogP contribution is -2.30. The number of benzene rings is 2. The van der Waals surface area contributed by atoms with Crippen LogP contribution >= 0.6 is 0 Å². The van der Waals surface area contributed by atoms with E-state index in [1.165, 1.54) is 20.3 Å². The predicted molar refractivity (Wildman–Crippen MR) is 94.4 cm³/mol. The first-order valence-electron chi connectivity index (χ1n) is 7.75. The number of methoxy groups -OCH3 is 2. The predicted octanol–water partition coefficient (Wildman–Crippen LogP) is 1.71. The number of hydrogen-bond acceptors (Lipinski definition) is 6. The zero-order valence-corrected chi connectivity index (χ0v) is 14.4. The van der Waals surface area contributed by atoms with E-state index in [1.54, 1.807) is 41.9 Å². The van der Waals surface area contributed by atoms with Gasteiger partial charge in [0.1, 0.15) is 17.3 Å². The van der Waals surface area contributed by atoms with Crippen molar-refractivity contribution in [3.05, 3.63) is 59.2 Å². The Morgan fingerprint density at radius 3 is 2.42 bits per heavy atom. The summed E-state index contributed by atoms with van der Waals surface area (Å²) in [6.45, 7) is 0.246. The molecule has 0 unspecified atom stereocenters. The highest BCUT2D eigenvalue weighted by atomic mass is 16.5. The molecule has 1 atom stereocenters. The van der Waals surface area contributed by atoms with Gasteiger partial charge in [-0.2, -0.15) is 0 Å². The second-order valence-corrected chi connectivity index (χ2v) is 5.44. The zero-order valence-electron chi connectivity index (χ0n) is 14.4.